The van der Waals surface area contributed by atoms with Crippen LogP contribution in [0.1, 0.15) is 23.0 Å². The molecule has 120 valence electrons. The number of ether oxygens (including phenoxy) is 1. The van der Waals surface area contributed by atoms with Crippen molar-refractivity contribution in [3.8, 4) is 0 Å². The molecule has 0 aliphatic heterocycles. The lowest BCUT2D eigenvalue weighted by Gasteiger charge is -2.06. The molecule has 23 heavy (non-hydrogen) atoms. The molecule has 0 fully saturated rings. The van der Waals surface area contributed by atoms with Gasteiger partial charge in [0.2, 0.25) is 0 Å². The summed E-state index contributed by atoms with van der Waals surface area (Å²) in [7, 11) is 1.25. The number of hydrogen-bond donors (Lipinski definition) is 2. The number of methoxy groups -OCH3 is 1. The Hall–Kier alpha value is -2.61. The third-order valence-electron chi connectivity index (χ3n) is 2.84. The van der Waals surface area contributed by atoms with Crippen molar-refractivity contribution in [2.75, 3.05) is 12.4 Å². The fourth-order valence-corrected chi connectivity index (χ4v) is 2.00. The summed E-state index contributed by atoms with van der Waals surface area (Å²) in [5, 5.41) is 6.62. The van der Waals surface area contributed by atoms with Gasteiger partial charge in [-0.1, -0.05) is 12.1 Å². The lowest BCUT2D eigenvalue weighted by Crippen LogP contribution is -2.18. The highest BCUT2D eigenvalue weighted by Crippen LogP contribution is 2.17. The van der Waals surface area contributed by atoms with Gasteiger partial charge in [-0.2, -0.15) is 5.10 Å². The van der Waals surface area contributed by atoms with E-state index in [1.807, 2.05) is 0 Å². The molecule has 8 heteroatoms. The zero-order valence-corrected chi connectivity index (χ0v) is 14.0. The second kappa shape index (κ2) is 7.59. The van der Waals surface area contributed by atoms with Crippen LogP contribution in [0.3, 0.4) is 0 Å². The summed E-state index contributed by atoms with van der Waals surface area (Å²) in [6, 6.07) is 10.2. The average Bonchev–Trinajstić information content (AvgIpc) is 2.99. The zero-order valence-electron chi connectivity index (χ0n) is 12.4. The van der Waals surface area contributed by atoms with E-state index in [4.69, 9.17) is 4.42 Å². The van der Waals surface area contributed by atoms with E-state index in [1.165, 1.54) is 7.11 Å². The third kappa shape index (κ3) is 4.68. The first kappa shape index (κ1) is 16.8. The molecule has 0 spiro atoms. The number of benzene rings is 1. The Morgan fingerprint density at radius 3 is 2.70 bits per heavy atom. The number of anilines is 1. The van der Waals surface area contributed by atoms with E-state index >= 15 is 0 Å². The number of nitrogens with zero attached hydrogens (tertiary/aromatic N) is 1. The molecule has 0 aliphatic carbocycles. The Balaban J connectivity index is 2.10. The average molecular weight is 380 g/mol. The van der Waals surface area contributed by atoms with E-state index in [2.05, 4.69) is 36.5 Å². The summed E-state index contributed by atoms with van der Waals surface area (Å²) in [6.45, 7) is 1.72. The number of amides is 2. The Kier molecular flexibility index (Phi) is 5.53. The summed E-state index contributed by atoms with van der Waals surface area (Å²) < 4.78 is 10.1. The Labute approximate surface area is 140 Å². The second-order valence-electron chi connectivity index (χ2n) is 4.44. The van der Waals surface area contributed by atoms with Gasteiger partial charge in [0.1, 0.15) is 0 Å². The number of carbonyl (C=O) groups is 2. The quantitative estimate of drug-likeness (QED) is 0.628. The fourth-order valence-electron chi connectivity index (χ4n) is 1.69. The van der Waals surface area contributed by atoms with Gasteiger partial charge in [-0.25, -0.2) is 10.2 Å². The third-order valence-corrected chi connectivity index (χ3v) is 3.26. The molecule has 0 radical (unpaired) electrons. The molecule has 2 rings (SSSR count). The molecule has 0 atom stereocenters. The van der Waals surface area contributed by atoms with Crippen molar-refractivity contribution >= 4 is 39.3 Å². The highest BCUT2D eigenvalue weighted by atomic mass is 79.9. The van der Waals surface area contributed by atoms with Gasteiger partial charge in [0.05, 0.1) is 12.8 Å². The van der Waals surface area contributed by atoms with Crippen LogP contribution in [0, 0.1) is 0 Å². The van der Waals surface area contributed by atoms with Crippen LogP contribution in [0.25, 0.3) is 0 Å². The molecule has 0 bridgehead atoms. The zero-order chi connectivity index (χ0) is 16.8. The summed E-state index contributed by atoms with van der Waals surface area (Å²) in [6.07, 6.45) is -0.655. The van der Waals surface area contributed by atoms with Gasteiger partial charge in [-0.15, -0.1) is 0 Å². The Bertz CT molecular complexity index is 755. The minimum atomic E-state index is -0.655. The van der Waals surface area contributed by atoms with Gasteiger partial charge in [0.15, 0.2) is 10.4 Å². The van der Waals surface area contributed by atoms with E-state index in [1.54, 1.807) is 43.3 Å². The van der Waals surface area contributed by atoms with Gasteiger partial charge in [0, 0.05) is 5.69 Å². The highest BCUT2D eigenvalue weighted by Gasteiger charge is 2.11. The minimum absolute atomic E-state index is 0.194. The van der Waals surface area contributed by atoms with E-state index in [0.717, 1.165) is 5.56 Å². The minimum Gasteiger partial charge on any atom is -0.452 e. The second-order valence-corrected chi connectivity index (χ2v) is 5.22. The maximum Gasteiger partial charge on any atom is 0.427 e. The lowest BCUT2D eigenvalue weighted by molar-refractivity contribution is 0.0995. The number of nitrogens with one attached hydrogen (secondary N) is 2. The van der Waals surface area contributed by atoms with Crippen LogP contribution < -0.4 is 10.7 Å². The number of hydrazone groups is 1. The molecule has 0 saturated heterocycles. The van der Waals surface area contributed by atoms with Crippen molar-refractivity contribution in [1.29, 1.82) is 0 Å². The standard InChI is InChI=1S/C15H14BrN3O4/c1-9(18-19-15(21)22-2)10-4-3-5-11(8-10)17-14(20)12-6-7-13(16)23-12/h3-8H,1-2H3,(H,17,20)(H,19,21). The summed E-state index contributed by atoms with van der Waals surface area (Å²) in [5.41, 5.74) is 4.11. The van der Waals surface area contributed by atoms with Crippen LogP contribution >= 0.6 is 15.9 Å². The van der Waals surface area contributed by atoms with E-state index in [-0.39, 0.29) is 11.7 Å². The highest BCUT2D eigenvalue weighted by molar-refractivity contribution is 9.10. The predicted octanol–water partition coefficient (Wildman–Crippen LogP) is 3.37. The van der Waals surface area contributed by atoms with Gasteiger partial charge in [-0.05, 0) is 52.7 Å². The normalized spacial score (nSPS) is 11.0. The molecule has 0 saturated carbocycles. The lowest BCUT2D eigenvalue weighted by atomic mass is 10.1. The largest absolute Gasteiger partial charge is 0.452 e. The number of hydrogen-bond acceptors (Lipinski definition) is 5. The van der Waals surface area contributed by atoms with Crippen molar-refractivity contribution in [2.45, 2.75) is 6.92 Å². The van der Waals surface area contributed by atoms with Crippen LogP contribution in [0.15, 0.2) is 50.6 Å². The summed E-state index contributed by atoms with van der Waals surface area (Å²) in [5.74, 6) is -0.171. The molecule has 2 aromatic rings. The molecule has 1 aromatic carbocycles. The monoisotopic (exact) mass is 379 g/mol. The van der Waals surface area contributed by atoms with Crippen molar-refractivity contribution in [1.82, 2.24) is 5.43 Å². The Morgan fingerprint density at radius 2 is 2.04 bits per heavy atom. The molecule has 0 unspecified atom stereocenters. The number of furan rings is 1. The predicted molar refractivity (Wildman–Crippen MR) is 88.6 cm³/mol. The number of halogens is 1. The maximum atomic E-state index is 12.0. The van der Waals surface area contributed by atoms with Crippen LogP contribution in [-0.2, 0) is 4.74 Å². The molecule has 7 nitrogen and oxygen atoms in total. The topological polar surface area (TPSA) is 92.9 Å². The van der Waals surface area contributed by atoms with Crippen molar-refractivity contribution in [2.24, 2.45) is 5.10 Å². The Morgan fingerprint density at radius 1 is 1.26 bits per heavy atom. The van der Waals surface area contributed by atoms with Crippen molar-refractivity contribution in [3.05, 3.63) is 52.4 Å². The smallest absolute Gasteiger partial charge is 0.427 e. The van der Waals surface area contributed by atoms with Gasteiger partial charge in [-0.3, -0.25) is 4.79 Å². The van der Waals surface area contributed by atoms with Gasteiger partial charge in [0.25, 0.3) is 5.91 Å². The molecule has 2 amide bonds. The SMILES string of the molecule is COC(=O)NN=C(C)c1cccc(NC(=O)c2ccc(Br)o2)c1. The van der Waals surface area contributed by atoms with Crippen LogP contribution in [0.5, 0.6) is 0 Å². The fraction of sp³-hybridized carbons (Fsp3) is 0.133. The molecular formula is C15H14BrN3O4. The van der Waals surface area contributed by atoms with E-state index in [9.17, 15) is 9.59 Å². The van der Waals surface area contributed by atoms with Crippen LogP contribution in [0.2, 0.25) is 0 Å². The first-order valence-electron chi connectivity index (χ1n) is 6.55. The van der Waals surface area contributed by atoms with Gasteiger partial charge >= 0.3 is 6.09 Å². The first-order chi connectivity index (χ1) is 11.0. The number of carbonyl (C=O) groups excluding carboxylic acids is 2. The van der Waals surface area contributed by atoms with Gasteiger partial charge < -0.3 is 14.5 Å². The van der Waals surface area contributed by atoms with Crippen molar-refractivity contribution in [3.63, 3.8) is 0 Å². The summed E-state index contributed by atoms with van der Waals surface area (Å²) >= 11 is 3.14. The molecule has 1 heterocycles. The molecule has 2 N–H and O–H groups in total. The molecule has 1 aromatic heterocycles. The van der Waals surface area contributed by atoms with Crippen LogP contribution in [0.4, 0.5) is 10.5 Å². The van der Waals surface area contributed by atoms with Crippen LogP contribution in [-0.4, -0.2) is 24.8 Å². The molecule has 0 aliphatic rings. The number of rotatable bonds is 4. The molecular weight excluding hydrogens is 366 g/mol. The first-order valence-corrected chi connectivity index (χ1v) is 7.34. The maximum absolute atomic E-state index is 12.0. The van der Waals surface area contributed by atoms with E-state index < -0.39 is 6.09 Å². The van der Waals surface area contributed by atoms with Crippen molar-refractivity contribution < 1.29 is 18.7 Å². The van der Waals surface area contributed by atoms with E-state index in [0.29, 0.717) is 16.1 Å². The summed E-state index contributed by atoms with van der Waals surface area (Å²) in [4.78, 5) is 23.0.